The summed E-state index contributed by atoms with van der Waals surface area (Å²) in [5, 5.41) is 0. The summed E-state index contributed by atoms with van der Waals surface area (Å²) in [6.45, 7) is 20.5. The zero-order valence-electron chi connectivity index (χ0n) is 20.9. The first-order chi connectivity index (χ1) is 14.2. The van der Waals surface area contributed by atoms with Crippen LogP contribution in [0.25, 0.3) is 22.3 Å². The minimum Gasteiger partial charge on any atom is -0.398 e. The Morgan fingerprint density at radius 1 is 0.484 bits per heavy atom. The Kier molecular flexibility index (Phi) is 5.86. The maximum absolute atomic E-state index is 6.88. The minimum atomic E-state index is 0.0282. The quantitative estimate of drug-likeness (QED) is 0.419. The highest BCUT2D eigenvalue weighted by molar-refractivity contribution is 5.90. The van der Waals surface area contributed by atoms with Crippen molar-refractivity contribution in [1.82, 2.24) is 0 Å². The number of nitrogens with two attached hydrogens (primary N) is 1. The number of hydrogen-bond donors (Lipinski definition) is 1. The first-order valence-electron chi connectivity index (χ1n) is 11.3. The van der Waals surface area contributed by atoms with Crippen LogP contribution in [0.4, 0.5) is 5.69 Å². The van der Waals surface area contributed by atoms with Crippen LogP contribution in [-0.2, 0) is 16.2 Å². The Hall–Kier alpha value is -2.54. The van der Waals surface area contributed by atoms with E-state index in [2.05, 4.69) is 123 Å². The third-order valence-corrected chi connectivity index (χ3v) is 6.11. The highest BCUT2D eigenvalue weighted by atomic mass is 14.6. The Morgan fingerprint density at radius 3 is 1.29 bits per heavy atom. The van der Waals surface area contributed by atoms with Crippen LogP contribution in [0.15, 0.2) is 60.7 Å². The van der Waals surface area contributed by atoms with Crippen molar-refractivity contribution in [2.45, 2.75) is 78.6 Å². The Balaban J connectivity index is 2.37. The summed E-state index contributed by atoms with van der Waals surface area (Å²) in [5.41, 5.74) is 16.5. The van der Waals surface area contributed by atoms with Crippen LogP contribution in [0.2, 0.25) is 0 Å². The molecule has 3 rings (SSSR count). The van der Waals surface area contributed by atoms with Crippen molar-refractivity contribution in [1.29, 1.82) is 0 Å². The lowest BCUT2D eigenvalue weighted by Crippen LogP contribution is -2.17. The van der Waals surface area contributed by atoms with Gasteiger partial charge in [-0.05, 0) is 56.2 Å². The molecule has 0 unspecified atom stereocenters. The third-order valence-electron chi connectivity index (χ3n) is 6.11. The van der Waals surface area contributed by atoms with Crippen LogP contribution in [0.3, 0.4) is 0 Å². The van der Waals surface area contributed by atoms with E-state index in [0.717, 1.165) is 22.4 Å². The van der Waals surface area contributed by atoms with E-state index in [9.17, 15) is 0 Å². The summed E-state index contributed by atoms with van der Waals surface area (Å²) in [6.07, 6.45) is 0. The monoisotopic (exact) mass is 413 g/mol. The molecule has 0 aliphatic carbocycles. The normalized spacial score (nSPS) is 12.8. The van der Waals surface area contributed by atoms with Crippen molar-refractivity contribution >= 4 is 5.69 Å². The predicted octanol–water partition coefficient (Wildman–Crippen LogP) is 8.50. The van der Waals surface area contributed by atoms with E-state index in [1.807, 2.05) is 0 Å². The van der Waals surface area contributed by atoms with Gasteiger partial charge in [0.15, 0.2) is 0 Å². The SMILES string of the molecule is CC(C)(C)c1cc(-c2cc(C(C)(C)C)cc(-c3ccccc3)c2N)cc(C(C)(C)C)c1. The van der Waals surface area contributed by atoms with Gasteiger partial charge in [-0.1, -0.05) is 111 Å². The summed E-state index contributed by atoms with van der Waals surface area (Å²) < 4.78 is 0. The molecule has 1 heteroatoms. The second kappa shape index (κ2) is 7.86. The number of nitrogen functional groups attached to an aromatic ring is 1. The van der Waals surface area contributed by atoms with E-state index in [0.29, 0.717) is 0 Å². The fourth-order valence-corrected chi connectivity index (χ4v) is 3.83. The average Bonchev–Trinajstić information content (AvgIpc) is 2.66. The van der Waals surface area contributed by atoms with Crippen molar-refractivity contribution in [2.75, 3.05) is 5.73 Å². The Bertz CT molecular complexity index is 1040. The van der Waals surface area contributed by atoms with Gasteiger partial charge in [-0.2, -0.15) is 0 Å². The molecule has 0 spiro atoms. The van der Waals surface area contributed by atoms with Crippen molar-refractivity contribution in [2.24, 2.45) is 0 Å². The number of hydrogen-bond acceptors (Lipinski definition) is 1. The van der Waals surface area contributed by atoms with Crippen molar-refractivity contribution < 1.29 is 0 Å². The predicted molar refractivity (Wildman–Crippen MR) is 138 cm³/mol. The molecule has 31 heavy (non-hydrogen) atoms. The van der Waals surface area contributed by atoms with Gasteiger partial charge in [-0.15, -0.1) is 0 Å². The largest absolute Gasteiger partial charge is 0.398 e. The van der Waals surface area contributed by atoms with Crippen LogP contribution in [-0.4, -0.2) is 0 Å². The zero-order chi connectivity index (χ0) is 23.2. The van der Waals surface area contributed by atoms with Gasteiger partial charge in [0, 0.05) is 16.8 Å². The van der Waals surface area contributed by atoms with Crippen LogP contribution < -0.4 is 5.73 Å². The Morgan fingerprint density at radius 2 is 0.871 bits per heavy atom. The van der Waals surface area contributed by atoms with E-state index in [1.54, 1.807) is 0 Å². The van der Waals surface area contributed by atoms with Crippen molar-refractivity contribution in [3.63, 3.8) is 0 Å². The molecule has 0 aliphatic rings. The maximum Gasteiger partial charge on any atom is 0.0473 e. The molecule has 3 aromatic carbocycles. The second-order valence-corrected chi connectivity index (χ2v) is 11.9. The molecule has 164 valence electrons. The maximum atomic E-state index is 6.88. The van der Waals surface area contributed by atoms with Gasteiger partial charge in [-0.3, -0.25) is 0 Å². The molecule has 0 saturated carbocycles. The molecular weight excluding hydrogens is 374 g/mol. The topological polar surface area (TPSA) is 26.0 Å². The van der Waals surface area contributed by atoms with Gasteiger partial charge in [0.05, 0.1) is 0 Å². The van der Waals surface area contributed by atoms with Gasteiger partial charge >= 0.3 is 0 Å². The molecule has 0 amide bonds. The lowest BCUT2D eigenvalue weighted by atomic mass is 9.77. The number of rotatable bonds is 2. The van der Waals surface area contributed by atoms with Gasteiger partial charge in [-0.25, -0.2) is 0 Å². The lowest BCUT2D eigenvalue weighted by molar-refractivity contribution is 0.569. The highest BCUT2D eigenvalue weighted by Crippen LogP contribution is 2.41. The summed E-state index contributed by atoms with van der Waals surface area (Å²) in [5.74, 6) is 0. The molecule has 3 aromatic rings. The van der Waals surface area contributed by atoms with Crippen LogP contribution in [0.5, 0.6) is 0 Å². The summed E-state index contributed by atoms with van der Waals surface area (Å²) in [6, 6.07) is 22.1. The van der Waals surface area contributed by atoms with Gasteiger partial charge < -0.3 is 5.73 Å². The van der Waals surface area contributed by atoms with E-state index < -0.39 is 0 Å². The number of benzene rings is 3. The molecule has 0 bridgehead atoms. The minimum absolute atomic E-state index is 0.0282. The first-order valence-corrected chi connectivity index (χ1v) is 11.3. The molecule has 0 aromatic heterocycles. The molecule has 2 N–H and O–H groups in total. The summed E-state index contributed by atoms with van der Waals surface area (Å²) >= 11 is 0. The molecule has 1 nitrogen and oxygen atoms in total. The Labute approximate surface area is 189 Å². The fourth-order valence-electron chi connectivity index (χ4n) is 3.83. The van der Waals surface area contributed by atoms with Gasteiger partial charge in [0.1, 0.15) is 0 Å². The molecule has 0 fully saturated rings. The highest BCUT2D eigenvalue weighted by Gasteiger charge is 2.24. The van der Waals surface area contributed by atoms with Crippen LogP contribution >= 0.6 is 0 Å². The smallest absolute Gasteiger partial charge is 0.0473 e. The van der Waals surface area contributed by atoms with E-state index in [4.69, 9.17) is 5.73 Å². The van der Waals surface area contributed by atoms with Crippen LogP contribution in [0, 0.1) is 0 Å². The second-order valence-electron chi connectivity index (χ2n) is 11.9. The lowest BCUT2D eigenvalue weighted by Gasteiger charge is -2.28. The van der Waals surface area contributed by atoms with Gasteiger partial charge in [0.2, 0.25) is 0 Å². The van der Waals surface area contributed by atoms with Crippen molar-refractivity contribution in [3.8, 4) is 22.3 Å². The first kappa shape index (κ1) is 23.1. The molecular formula is C30H39N. The van der Waals surface area contributed by atoms with Crippen molar-refractivity contribution in [3.05, 3.63) is 77.4 Å². The molecule has 0 atom stereocenters. The number of anilines is 1. The summed E-state index contributed by atoms with van der Waals surface area (Å²) in [4.78, 5) is 0. The molecule has 0 heterocycles. The van der Waals surface area contributed by atoms with E-state index >= 15 is 0 Å². The van der Waals surface area contributed by atoms with E-state index in [1.165, 1.54) is 22.3 Å². The molecule has 0 aliphatic heterocycles. The van der Waals surface area contributed by atoms with Gasteiger partial charge in [0.25, 0.3) is 0 Å². The summed E-state index contributed by atoms with van der Waals surface area (Å²) in [7, 11) is 0. The molecule has 0 saturated heterocycles. The average molecular weight is 414 g/mol. The van der Waals surface area contributed by atoms with E-state index in [-0.39, 0.29) is 16.2 Å². The van der Waals surface area contributed by atoms with Crippen LogP contribution in [0.1, 0.15) is 79.0 Å². The third kappa shape index (κ3) is 5.03. The zero-order valence-corrected chi connectivity index (χ0v) is 20.9. The molecule has 0 radical (unpaired) electrons. The standard InChI is InChI=1S/C30H39N/c1-28(2,3)22-15-21(16-23(17-22)29(4,5)6)26-19-24(30(7,8)9)18-25(27(26)31)20-13-11-10-12-14-20/h10-19H,31H2,1-9H3. The fraction of sp³-hybridized carbons (Fsp3) is 0.400.